The van der Waals surface area contributed by atoms with Crippen LogP contribution >= 0.6 is 0 Å². The number of fused-ring (bicyclic) bond motifs is 3. The summed E-state index contributed by atoms with van der Waals surface area (Å²) in [5, 5.41) is 13.9. The fourth-order valence-electron chi connectivity index (χ4n) is 3.17. The maximum absolute atomic E-state index is 13.2. The van der Waals surface area contributed by atoms with Crippen LogP contribution in [0, 0.1) is 12.7 Å². The second-order valence-electron chi connectivity index (χ2n) is 6.30. The zero-order chi connectivity index (χ0) is 19.3. The van der Waals surface area contributed by atoms with Gasteiger partial charge in [-0.25, -0.2) is 18.7 Å². The Balaban J connectivity index is 1.99. The van der Waals surface area contributed by atoms with Crippen LogP contribution in [0.25, 0.3) is 27.7 Å². The third-order valence-corrected chi connectivity index (χ3v) is 4.62. The minimum Gasteiger partial charge on any atom is -0.480 e. The van der Waals surface area contributed by atoms with E-state index in [9.17, 15) is 14.0 Å². The molecule has 0 radical (unpaired) electrons. The Bertz CT molecular complexity index is 1260. The van der Waals surface area contributed by atoms with E-state index in [4.69, 9.17) is 5.11 Å². The van der Waals surface area contributed by atoms with Crippen LogP contribution in [0.5, 0.6) is 0 Å². The van der Waals surface area contributed by atoms with Crippen molar-refractivity contribution in [2.45, 2.75) is 19.9 Å². The van der Waals surface area contributed by atoms with Crippen molar-refractivity contribution in [3.63, 3.8) is 0 Å². The third kappa shape index (κ3) is 2.57. The van der Waals surface area contributed by atoms with Crippen LogP contribution in [-0.4, -0.2) is 30.2 Å². The van der Waals surface area contributed by atoms with E-state index in [1.54, 1.807) is 22.7 Å². The number of benzene rings is 1. The molecule has 0 aliphatic rings. The summed E-state index contributed by atoms with van der Waals surface area (Å²) in [5.41, 5.74) is 2.81. The molecule has 4 aromatic rings. The maximum Gasteiger partial charge on any atom is 0.326 e. The lowest BCUT2D eigenvalue weighted by molar-refractivity contribution is -0.140. The van der Waals surface area contributed by atoms with Crippen molar-refractivity contribution in [1.82, 2.24) is 19.2 Å². The number of aryl methyl sites for hydroxylation is 1. The number of rotatable bonds is 3. The highest BCUT2D eigenvalue weighted by Crippen LogP contribution is 2.28. The summed E-state index contributed by atoms with van der Waals surface area (Å²) in [7, 11) is 0. The van der Waals surface area contributed by atoms with Crippen LogP contribution in [0.1, 0.15) is 18.7 Å². The molecule has 8 heteroatoms. The highest BCUT2D eigenvalue weighted by molar-refractivity contribution is 5.86. The zero-order valence-corrected chi connectivity index (χ0v) is 14.5. The molecule has 1 aromatic carbocycles. The highest BCUT2D eigenvalue weighted by Gasteiger charge is 2.19. The van der Waals surface area contributed by atoms with E-state index < -0.39 is 17.6 Å². The molecule has 0 fully saturated rings. The fourth-order valence-corrected chi connectivity index (χ4v) is 3.17. The Morgan fingerprint density at radius 2 is 1.93 bits per heavy atom. The molecule has 0 bridgehead atoms. The van der Waals surface area contributed by atoms with E-state index in [2.05, 4.69) is 10.1 Å². The first-order valence-electron chi connectivity index (χ1n) is 8.26. The van der Waals surface area contributed by atoms with Crippen LogP contribution in [0.3, 0.4) is 0 Å². The van der Waals surface area contributed by atoms with Gasteiger partial charge in [-0.1, -0.05) is 12.1 Å². The van der Waals surface area contributed by atoms with Crippen molar-refractivity contribution in [2.75, 3.05) is 0 Å². The Labute approximate surface area is 152 Å². The van der Waals surface area contributed by atoms with Gasteiger partial charge in [0.05, 0.1) is 16.6 Å². The molecule has 0 unspecified atom stereocenters. The maximum atomic E-state index is 13.2. The van der Waals surface area contributed by atoms with Gasteiger partial charge in [-0.15, -0.1) is 0 Å². The van der Waals surface area contributed by atoms with Gasteiger partial charge >= 0.3 is 5.97 Å². The topological polar surface area (TPSA) is 89.5 Å². The molecule has 0 saturated heterocycles. The number of carbonyl (C=O) groups is 1. The molecule has 136 valence electrons. The monoisotopic (exact) mass is 366 g/mol. The quantitative estimate of drug-likeness (QED) is 0.602. The van der Waals surface area contributed by atoms with Crippen LogP contribution in [0.15, 0.2) is 47.5 Å². The summed E-state index contributed by atoms with van der Waals surface area (Å²) >= 11 is 0. The first kappa shape index (κ1) is 16.9. The Hall–Kier alpha value is -3.55. The summed E-state index contributed by atoms with van der Waals surface area (Å²) < 4.78 is 15.9. The lowest BCUT2D eigenvalue weighted by atomic mass is 10.1. The second kappa shape index (κ2) is 6.01. The number of carboxylic acids is 1. The average molecular weight is 366 g/mol. The van der Waals surface area contributed by atoms with Gasteiger partial charge in [0.2, 0.25) is 0 Å². The summed E-state index contributed by atoms with van der Waals surface area (Å²) in [6.07, 6.45) is 2.86. The molecule has 0 amide bonds. The van der Waals surface area contributed by atoms with E-state index >= 15 is 0 Å². The molecule has 0 aliphatic heterocycles. The molecule has 7 nitrogen and oxygen atoms in total. The van der Waals surface area contributed by atoms with Crippen molar-refractivity contribution >= 4 is 22.5 Å². The predicted molar refractivity (Wildman–Crippen MR) is 97.2 cm³/mol. The smallest absolute Gasteiger partial charge is 0.326 e. The molecule has 3 heterocycles. The number of aromatic nitrogens is 4. The number of aliphatic carboxylic acids is 1. The Kier molecular flexibility index (Phi) is 3.76. The van der Waals surface area contributed by atoms with Gasteiger partial charge in [0.15, 0.2) is 5.65 Å². The SMILES string of the molecule is Cc1nn2c(ncc3c(=O)n([C@H](C)C(=O)O)ccc32)c1-c1ccc(F)cc1. The second-order valence-corrected chi connectivity index (χ2v) is 6.30. The number of halogens is 1. The Morgan fingerprint density at radius 1 is 1.22 bits per heavy atom. The normalized spacial score (nSPS) is 12.6. The van der Waals surface area contributed by atoms with Crippen molar-refractivity contribution in [3.05, 3.63) is 64.6 Å². The lowest BCUT2D eigenvalue weighted by Crippen LogP contribution is -2.28. The number of nitrogens with zero attached hydrogens (tertiary/aromatic N) is 4. The first-order valence-corrected chi connectivity index (χ1v) is 8.26. The van der Waals surface area contributed by atoms with Crippen LogP contribution in [0.4, 0.5) is 4.39 Å². The summed E-state index contributed by atoms with van der Waals surface area (Å²) in [6.45, 7) is 3.25. The number of pyridine rings is 1. The van der Waals surface area contributed by atoms with Crippen LogP contribution in [-0.2, 0) is 4.79 Å². The van der Waals surface area contributed by atoms with Gasteiger partial charge in [0.25, 0.3) is 5.56 Å². The third-order valence-electron chi connectivity index (χ3n) is 4.62. The molecule has 0 aliphatic carbocycles. The van der Waals surface area contributed by atoms with Gasteiger partial charge in [-0.2, -0.15) is 5.10 Å². The Morgan fingerprint density at radius 3 is 2.59 bits per heavy atom. The number of hydrogen-bond donors (Lipinski definition) is 1. The van der Waals surface area contributed by atoms with Gasteiger partial charge in [-0.3, -0.25) is 4.79 Å². The van der Waals surface area contributed by atoms with Crippen molar-refractivity contribution in [1.29, 1.82) is 0 Å². The van der Waals surface area contributed by atoms with Crippen LogP contribution in [0.2, 0.25) is 0 Å². The largest absolute Gasteiger partial charge is 0.480 e. The van der Waals surface area contributed by atoms with Crippen molar-refractivity contribution in [3.8, 4) is 11.1 Å². The van der Waals surface area contributed by atoms with E-state index in [1.165, 1.54) is 31.5 Å². The van der Waals surface area contributed by atoms with Crippen molar-refractivity contribution < 1.29 is 14.3 Å². The number of carboxylic acid groups (broad SMARTS) is 1. The van der Waals surface area contributed by atoms with Crippen LogP contribution < -0.4 is 5.56 Å². The van der Waals surface area contributed by atoms with E-state index in [1.807, 2.05) is 6.92 Å². The molecular weight excluding hydrogens is 351 g/mol. The van der Waals surface area contributed by atoms with Gasteiger partial charge in [0.1, 0.15) is 11.9 Å². The average Bonchev–Trinajstić information content (AvgIpc) is 2.98. The molecule has 1 N–H and O–H groups in total. The summed E-state index contributed by atoms with van der Waals surface area (Å²) in [5.74, 6) is -1.43. The van der Waals surface area contributed by atoms with E-state index in [0.717, 1.165) is 15.7 Å². The molecule has 3 aromatic heterocycles. The molecule has 0 saturated carbocycles. The molecule has 1 atom stereocenters. The lowest BCUT2D eigenvalue weighted by Gasteiger charge is -2.11. The fraction of sp³-hybridized carbons (Fsp3) is 0.158. The van der Waals surface area contributed by atoms with Gasteiger partial charge in [0, 0.05) is 18.0 Å². The minimum atomic E-state index is -1.10. The van der Waals surface area contributed by atoms with Gasteiger partial charge in [-0.05, 0) is 37.6 Å². The zero-order valence-electron chi connectivity index (χ0n) is 14.5. The first-order chi connectivity index (χ1) is 12.9. The molecule has 4 rings (SSSR count). The standard InChI is InChI=1S/C19H15FN4O3/c1-10-16(12-3-5-13(20)6-4-12)17-21-9-14-15(24(17)22-10)7-8-23(18(14)25)11(2)19(26)27/h3-9,11H,1-2H3,(H,26,27)/t11-/m1/s1. The van der Waals surface area contributed by atoms with Crippen molar-refractivity contribution in [2.24, 2.45) is 0 Å². The van der Waals surface area contributed by atoms with E-state index in [0.29, 0.717) is 16.9 Å². The molecule has 0 spiro atoms. The van der Waals surface area contributed by atoms with Gasteiger partial charge < -0.3 is 9.67 Å². The molecule has 27 heavy (non-hydrogen) atoms. The highest BCUT2D eigenvalue weighted by atomic mass is 19.1. The summed E-state index contributed by atoms with van der Waals surface area (Å²) in [4.78, 5) is 28.3. The number of hydrogen-bond acceptors (Lipinski definition) is 4. The predicted octanol–water partition coefficient (Wildman–Crippen LogP) is 2.80. The van der Waals surface area contributed by atoms with E-state index in [-0.39, 0.29) is 11.2 Å². The minimum absolute atomic E-state index is 0.270. The molecular formula is C19H15FN4O3. The summed E-state index contributed by atoms with van der Waals surface area (Å²) in [6, 6.07) is 6.68.